The minimum Gasteiger partial charge on any atom is -0.356 e. The maximum atomic E-state index is 12.6. The van der Waals surface area contributed by atoms with Crippen molar-refractivity contribution in [3.63, 3.8) is 0 Å². The lowest BCUT2D eigenvalue weighted by atomic mass is 10.2. The Morgan fingerprint density at radius 2 is 1.88 bits per heavy atom. The number of hydrogen-bond donors (Lipinski definition) is 1. The number of carbonyl (C=O) groups is 1. The van der Waals surface area contributed by atoms with Gasteiger partial charge in [-0.3, -0.25) is 9.52 Å². The molecule has 0 unspecified atom stereocenters. The van der Waals surface area contributed by atoms with E-state index in [1.807, 2.05) is 18.7 Å². The van der Waals surface area contributed by atoms with E-state index in [0.717, 1.165) is 18.8 Å². The van der Waals surface area contributed by atoms with Gasteiger partial charge in [0.25, 0.3) is 10.0 Å². The second kappa shape index (κ2) is 6.91. The molecule has 0 fully saturated rings. The van der Waals surface area contributed by atoms with Crippen LogP contribution in [0.4, 0.5) is 17.3 Å². The number of benzene rings is 1. The van der Waals surface area contributed by atoms with Crippen LogP contribution in [0.5, 0.6) is 0 Å². The lowest BCUT2D eigenvalue weighted by Crippen LogP contribution is -2.23. The van der Waals surface area contributed by atoms with Crippen LogP contribution in [0, 0.1) is 0 Å². The number of nitrogens with zero attached hydrogens (tertiary/aromatic N) is 4. The lowest BCUT2D eigenvalue weighted by molar-refractivity contribution is -0.117. The van der Waals surface area contributed by atoms with E-state index in [-0.39, 0.29) is 23.0 Å². The van der Waals surface area contributed by atoms with Gasteiger partial charge in [0.15, 0.2) is 11.6 Å². The first kappa shape index (κ1) is 18.1. The number of hydrogen-bond acceptors (Lipinski definition) is 6. The number of anilines is 3. The normalized spacial score (nSPS) is 13.7. The average Bonchev–Trinajstić information content (AvgIpc) is 2.91. The quantitative estimate of drug-likeness (QED) is 0.825. The van der Waals surface area contributed by atoms with Gasteiger partial charge < -0.3 is 9.80 Å². The van der Waals surface area contributed by atoms with E-state index >= 15 is 0 Å². The van der Waals surface area contributed by atoms with Crippen molar-refractivity contribution in [2.45, 2.75) is 25.2 Å². The molecule has 138 valence electrons. The molecule has 1 amide bonds. The van der Waals surface area contributed by atoms with Crippen LogP contribution >= 0.6 is 0 Å². The zero-order chi connectivity index (χ0) is 18.9. The Hall–Kier alpha value is -2.68. The minimum absolute atomic E-state index is 0.0552. The molecular weight excluding hydrogens is 354 g/mol. The Balaban J connectivity index is 1.82. The average molecular weight is 375 g/mol. The van der Waals surface area contributed by atoms with Gasteiger partial charge in [0, 0.05) is 25.8 Å². The van der Waals surface area contributed by atoms with Gasteiger partial charge in [0.1, 0.15) is 0 Å². The molecular formula is C17H21N5O3S. The number of nitrogens with one attached hydrogen (secondary N) is 1. The van der Waals surface area contributed by atoms with Crippen molar-refractivity contribution < 1.29 is 13.2 Å². The van der Waals surface area contributed by atoms with Crippen LogP contribution < -0.4 is 14.5 Å². The predicted molar refractivity (Wildman–Crippen MR) is 100.0 cm³/mol. The highest BCUT2D eigenvalue weighted by molar-refractivity contribution is 7.92. The van der Waals surface area contributed by atoms with Crippen molar-refractivity contribution in [1.82, 2.24) is 10.2 Å². The largest absolute Gasteiger partial charge is 0.356 e. The summed E-state index contributed by atoms with van der Waals surface area (Å²) in [5.41, 5.74) is 1.43. The third-order valence-electron chi connectivity index (χ3n) is 4.42. The fourth-order valence-electron chi connectivity index (χ4n) is 2.91. The van der Waals surface area contributed by atoms with Crippen LogP contribution in [0.25, 0.3) is 0 Å². The maximum absolute atomic E-state index is 12.6. The summed E-state index contributed by atoms with van der Waals surface area (Å²) in [6, 6.07) is 7.96. The highest BCUT2D eigenvalue weighted by Gasteiger charge is 2.26. The maximum Gasteiger partial charge on any atom is 0.263 e. The highest BCUT2D eigenvalue weighted by atomic mass is 32.2. The Labute approximate surface area is 152 Å². The van der Waals surface area contributed by atoms with Crippen molar-refractivity contribution in [1.29, 1.82) is 0 Å². The molecule has 0 spiro atoms. The van der Waals surface area contributed by atoms with Crippen LogP contribution in [-0.2, 0) is 21.2 Å². The molecule has 1 aromatic heterocycles. The Morgan fingerprint density at radius 3 is 2.50 bits per heavy atom. The number of carbonyl (C=O) groups excluding carboxylic acids is 1. The second-order valence-electron chi connectivity index (χ2n) is 5.97. The van der Waals surface area contributed by atoms with Gasteiger partial charge in [0.2, 0.25) is 5.91 Å². The minimum atomic E-state index is -3.81. The molecule has 1 aliphatic heterocycles. The first-order chi connectivity index (χ1) is 12.4. The van der Waals surface area contributed by atoms with E-state index in [1.165, 1.54) is 17.0 Å². The highest BCUT2D eigenvalue weighted by Crippen LogP contribution is 2.30. The number of sulfonamides is 1. The Bertz CT molecular complexity index is 924. The molecule has 2 aromatic rings. The number of aromatic nitrogens is 2. The molecule has 0 saturated carbocycles. The van der Waals surface area contributed by atoms with Crippen LogP contribution in [0.15, 0.2) is 35.2 Å². The topological polar surface area (TPSA) is 95.5 Å². The van der Waals surface area contributed by atoms with Gasteiger partial charge in [0.05, 0.1) is 11.3 Å². The molecule has 0 aliphatic carbocycles. The fourth-order valence-corrected chi connectivity index (χ4v) is 3.95. The lowest BCUT2D eigenvalue weighted by Gasteiger charge is -2.18. The molecule has 8 nitrogen and oxygen atoms in total. The Morgan fingerprint density at radius 1 is 1.15 bits per heavy atom. The van der Waals surface area contributed by atoms with Crippen LogP contribution in [0.1, 0.15) is 19.4 Å². The molecule has 2 heterocycles. The Kier molecular flexibility index (Phi) is 4.82. The molecule has 0 atom stereocenters. The zero-order valence-corrected chi connectivity index (χ0v) is 15.7. The van der Waals surface area contributed by atoms with Gasteiger partial charge >= 0.3 is 0 Å². The van der Waals surface area contributed by atoms with Gasteiger partial charge in [-0.1, -0.05) is 0 Å². The van der Waals surface area contributed by atoms with E-state index in [9.17, 15) is 13.2 Å². The smallest absolute Gasteiger partial charge is 0.263 e. The summed E-state index contributed by atoms with van der Waals surface area (Å²) < 4.78 is 27.6. The molecule has 1 aliphatic rings. The third kappa shape index (κ3) is 3.34. The monoisotopic (exact) mass is 375 g/mol. The standard InChI is InChI=1S/C17H21N5O3S/c1-4-22(5-2)16-9-8-15(18-19-16)20-26(24,25)13-6-7-14-12(10-13)11-17(23)21(14)3/h6-10H,4-5,11H2,1-3H3,(H,18,20). The van der Waals surface area contributed by atoms with Gasteiger partial charge in [-0.25, -0.2) is 8.42 Å². The summed E-state index contributed by atoms with van der Waals surface area (Å²) in [4.78, 5) is 15.4. The van der Waals surface area contributed by atoms with Crippen molar-refractivity contribution in [2.75, 3.05) is 34.7 Å². The summed E-state index contributed by atoms with van der Waals surface area (Å²) in [5.74, 6) is 0.784. The summed E-state index contributed by atoms with van der Waals surface area (Å²) >= 11 is 0. The summed E-state index contributed by atoms with van der Waals surface area (Å²) in [7, 11) is -2.14. The van der Waals surface area contributed by atoms with Crippen LogP contribution in [-0.4, -0.2) is 44.7 Å². The number of rotatable bonds is 6. The van der Waals surface area contributed by atoms with Gasteiger partial charge in [-0.2, -0.15) is 0 Å². The fraction of sp³-hybridized carbons (Fsp3) is 0.353. The van der Waals surface area contributed by atoms with Crippen molar-refractivity contribution >= 4 is 33.3 Å². The van der Waals surface area contributed by atoms with Gasteiger partial charge in [-0.15, -0.1) is 10.2 Å². The van der Waals surface area contributed by atoms with Crippen molar-refractivity contribution in [3.8, 4) is 0 Å². The van der Waals surface area contributed by atoms with Crippen LogP contribution in [0.2, 0.25) is 0 Å². The van der Waals surface area contributed by atoms with Crippen molar-refractivity contribution in [2.24, 2.45) is 0 Å². The summed E-state index contributed by atoms with van der Waals surface area (Å²) in [6.07, 6.45) is 0.202. The number of likely N-dealkylation sites (N-methyl/N-ethyl adjacent to an activating group) is 1. The second-order valence-corrected chi connectivity index (χ2v) is 7.66. The van der Waals surface area contributed by atoms with Crippen molar-refractivity contribution in [3.05, 3.63) is 35.9 Å². The molecule has 26 heavy (non-hydrogen) atoms. The predicted octanol–water partition coefficient (Wildman–Crippen LogP) is 1.64. The molecule has 0 radical (unpaired) electrons. The van der Waals surface area contributed by atoms with Crippen LogP contribution in [0.3, 0.4) is 0 Å². The zero-order valence-electron chi connectivity index (χ0n) is 14.9. The van der Waals surface area contributed by atoms with E-state index in [0.29, 0.717) is 11.4 Å². The molecule has 9 heteroatoms. The third-order valence-corrected chi connectivity index (χ3v) is 5.77. The SMILES string of the molecule is CCN(CC)c1ccc(NS(=O)(=O)c2ccc3c(c2)CC(=O)N3C)nn1. The number of amides is 1. The first-order valence-corrected chi connectivity index (χ1v) is 9.85. The molecule has 0 saturated heterocycles. The van der Waals surface area contributed by atoms with Gasteiger partial charge in [-0.05, 0) is 49.7 Å². The van der Waals surface area contributed by atoms with E-state index in [2.05, 4.69) is 14.9 Å². The molecule has 1 N–H and O–H groups in total. The molecule has 3 rings (SSSR count). The molecule has 1 aromatic carbocycles. The first-order valence-electron chi connectivity index (χ1n) is 8.36. The van der Waals surface area contributed by atoms with E-state index in [4.69, 9.17) is 0 Å². The summed E-state index contributed by atoms with van der Waals surface area (Å²) in [6.45, 7) is 5.60. The van der Waals surface area contributed by atoms with E-state index in [1.54, 1.807) is 25.2 Å². The summed E-state index contributed by atoms with van der Waals surface area (Å²) in [5, 5.41) is 8.03. The molecule has 0 bridgehead atoms. The number of fused-ring (bicyclic) bond motifs is 1. The van der Waals surface area contributed by atoms with E-state index < -0.39 is 10.0 Å².